The van der Waals surface area contributed by atoms with Gasteiger partial charge in [-0.2, -0.15) is 0 Å². The quantitative estimate of drug-likeness (QED) is 0.643. The maximum absolute atomic E-state index is 11.7. The van der Waals surface area contributed by atoms with Gasteiger partial charge in [-0.1, -0.05) is 23.1 Å². The van der Waals surface area contributed by atoms with Gasteiger partial charge in [-0.05, 0) is 53.8 Å². The second-order valence-corrected chi connectivity index (χ2v) is 7.08. The molecule has 2 aromatic rings. The SMILES string of the molecule is Cc1nnc(SCC(=O)Nc2ccc(I)cc2)s1. The van der Waals surface area contributed by atoms with Crippen LogP contribution in [0.15, 0.2) is 28.6 Å². The van der Waals surface area contributed by atoms with Crippen molar-refractivity contribution in [3.8, 4) is 0 Å². The molecule has 0 aliphatic heterocycles. The number of halogens is 1. The second-order valence-electron chi connectivity index (χ2n) is 3.43. The molecule has 1 amide bonds. The molecular weight excluding hydrogens is 381 g/mol. The van der Waals surface area contributed by atoms with E-state index in [0.717, 1.165) is 18.6 Å². The molecule has 0 spiro atoms. The third-order valence-electron chi connectivity index (χ3n) is 1.96. The topological polar surface area (TPSA) is 54.9 Å². The summed E-state index contributed by atoms with van der Waals surface area (Å²) in [6.07, 6.45) is 0. The highest BCUT2D eigenvalue weighted by Crippen LogP contribution is 2.21. The van der Waals surface area contributed by atoms with Gasteiger partial charge >= 0.3 is 0 Å². The van der Waals surface area contributed by atoms with E-state index in [1.54, 1.807) is 0 Å². The second kappa shape index (κ2) is 6.48. The molecule has 2 rings (SSSR count). The molecule has 18 heavy (non-hydrogen) atoms. The first-order valence-electron chi connectivity index (χ1n) is 5.12. The van der Waals surface area contributed by atoms with E-state index in [4.69, 9.17) is 0 Å². The zero-order chi connectivity index (χ0) is 13.0. The number of aryl methyl sites for hydroxylation is 1. The maximum Gasteiger partial charge on any atom is 0.234 e. The highest BCUT2D eigenvalue weighted by atomic mass is 127. The standard InChI is InChI=1S/C11H10IN3OS2/c1-7-14-15-11(18-7)17-6-10(16)13-9-4-2-8(12)3-5-9/h2-5H,6H2,1H3,(H,13,16). The van der Waals surface area contributed by atoms with Gasteiger partial charge in [0.1, 0.15) is 5.01 Å². The molecule has 94 valence electrons. The number of thioether (sulfide) groups is 1. The number of carbonyl (C=O) groups is 1. The Balaban J connectivity index is 1.83. The fourth-order valence-electron chi connectivity index (χ4n) is 1.19. The van der Waals surface area contributed by atoms with Crippen molar-refractivity contribution in [1.82, 2.24) is 10.2 Å². The van der Waals surface area contributed by atoms with Crippen LogP contribution in [0.3, 0.4) is 0 Å². The summed E-state index contributed by atoms with van der Waals surface area (Å²) in [6.45, 7) is 1.90. The molecule has 0 aliphatic rings. The molecule has 0 saturated heterocycles. The van der Waals surface area contributed by atoms with E-state index in [2.05, 4.69) is 38.1 Å². The summed E-state index contributed by atoms with van der Waals surface area (Å²) in [5.74, 6) is 0.315. The number of nitrogens with zero attached hydrogens (tertiary/aromatic N) is 2. The van der Waals surface area contributed by atoms with Crippen LogP contribution in [0, 0.1) is 10.5 Å². The predicted octanol–water partition coefficient (Wildman–Crippen LogP) is 3.18. The van der Waals surface area contributed by atoms with Gasteiger partial charge in [0.25, 0.3) is 0 Å². The van der Waals surface area contributed by atoms with Crippen molar-refractivity contribution in [3.05, 3.63) is 32.8 Å². The van der Waals surface area contributed by atoms with Gasteiger partial charge in [-0.25, -0.2) is 0 Å². The van der Waals surface area contributed by atoms with Crippen molar-refractivity contribution in [2.45, 2.75) is 11.3 Å². The molecule has 1 aromatic heterocycles. The average molecular weight is 391 g/mol. The molecule has 1 aromatic carbocycles. The van der Waals surface area contributed by atoms with Crippen LogP contribution in [0.1, 0.15) is 5.01 Å². The number of benzene rings is 1. The zero-order valence-corrected chi connectivity index (χ0v) is 13.3. The van der Waals surface area contributed by atoms with E-state index < -0.39 is 0 Å². The van der Waals surface area contributed by atoms with E-state index in [-0.39, 0.29) is 5.91 Å². The number of aromatic nitrogens is 2. The van der Waals surface area contributed by atoms with E-state index in [9.17, 15) is 4.79 Å². The van der Waals surface area contributed by atoms with E-state index in [1.807, 2.05) is 31.2 Å². The summed E-state index contributed by atoms with van der Waals surface area (Å²) in [4.78, 5) is 11.7. The van der Waals surface area contributed by atoms with Crippen LogP contribution in [-0.2, 0) is 4.79 Å². The Morgan fingerprint density at radius 2 is 2.11 bits per heavy atom. The fraction of sp³-hybridized carbons (Fsp3) is 0.182. The lowest BCUT2D eigenvalue weighted by atomic mass is 10.3. The molecule has 1 N–H and O–H groups in total. The minimum Gasteiger partial charge on any atom is -0.325 e. The summed E-state index contributed by atoms with van der Waals surface area (Å²) < 4.78 is 1.97. The Labute approximate surface area is 127 Å². The molecule has 1 heterocycles. The molecule has 0 bridgehead atoms. The number of nitrogens with one attached hydrogen (secondary N) is 1. The molecule has 0 radical (unpaired) electrons. The first-order valence-corrected chi connectivity index (χ1v) is 8.00. The fourth-order valence-corrected chi connectivity index (χ4v) is 3.17. The number of anilines is 1. The van der Waals surface area contributed by atoms with E-state index in [0.29, 0.717) is 5.75 Å². The zero-order valence-electron chi connectivity index (χ0n) is 9.51. The Hall–Kier alpha value is -0.670. The highest BCUT2D eigenvalue weighted by Gasteiger charge is 2.06. The van der Waals surface area contributed by atoms with Gasteiger partial charge in [0.05, 0.1) is 5.75 Å². The van der Waals surface area contributed by atoms with Crippen molar-refractivity contribution in [2.24, 2.45) is 0 Å². The number of hydrogen-bond donors (Lipinski definition) is 1. The summed E-state index contributed by atoms with van der Waals surface area (Å²) >= 11 is 5.13. The third kappa shape index (κ3) is 4.21. The Morgan fingerprint density at radius 3 is 2.72 bits per heavy atom. The minimum atomic E-state index is -0.0333. The minimum absolute atomic E-state index is 0.0333. The number of carbonyl (C=O) groups excluding carboxylic acids is 1. The average Bonchev–Trinajstić information content (AvgIpc) is 2.76. The molecule has 0 saturated carbocycles. The molecule has 0 fully saturated rings. The molecular formula is C11H10IN3OS2. The smallest absolute Gasteiger partial charge is 0.234 e. The van der Waals surface area contributed by atoms with E-state index in [1.165, 1.54) is 23.1 Å². The third-order valence-corrected chi connectivity index (χ3v) is 4.65. The van der Waals surface area contributed by atoms with Crippen molar-refractivity contribution < 1.29 is 4.79 Å². The first-order chi connectivity index (χ1) is 8.63. The number of amides is 1. The Kier molecular flexibility index (Phi) is 4.95. The van der Waals surface area contributed by atoms with Crippen molar-refractivity contribution in [2.75, 3.05) is 11.1 Å². The van der Waals surface area contributed by atoms with Crippen molar-refractivity contribution >= 4 is 57.3 Å². The molecule has 0 aliphatic carbocycles. The number of rotatable bonds is 4. The van der Waals surface area contributed by atoms with E-state index >= 15 is 0 Å². The molecule has 4 nitrogen and oxygen atoms in total. The van der Waals surface area contributed by atoms with Crippen LogP contribution in [0.25, 0.3) is 0 Å². The Bertz CT molecular complexity index is 541. The van der Waals surface area contributed by atoms with Crippen molar-refractivity contribution in [3.63, 3.8) is 0 Å². The van der Waals surface area contributed by atoms with Crippen LogP contribution in [0.5, 0.6) is 0 Å². The monoisotopic (exact) mass is 391 g/mol. The lowest BCUT2D eigenvalue weighted by Crippen LogP contribution is -2.13. The summed E-state index contributed by atoms with van der Waals surface area (Å²) in [6, 6.07) is 7.69. The lowest BCUT2D eigenvalue weighted by Gasteiger charge is -2.03. The maximum atomic E-state index is 11.7. The largest absolute Gasteiger partial charge is 0.325 e. The van der Waals surface area contributed by atoms with Gasteiger partial charge < -0.3 is 5.32 Å². The number of hydrogen-bond acceptors (Lipinski definition) is 5. The molecule has 0 unspecified atom stereocenters. The summed E-state index contributed by atoms with van der Waals surface area (Å²) in [7, 11) is 0. The first kappa shape index (κ1) is 13.8. The molecule has 0 atom stereocenters. The Morgan fingerprint density at radius 1 is 1.39 bits per heavy atom. The van der Waals surface area contributed by atoms with Gasteiger partial charge in [0.15, 0.2) is 4.34 Å². The highest BCUT2D eigenvalue weighted by molar-refractivity contribution is 14.1. The van der Waals surface area contributed by atoms with Gasteiger partial charge in [0, 0.05) is 9.26 Å². The van der Waals surface area contributed by atoms with Crippen molar-refractivity contribution in [1.29, 1.82) is 0 Å². The van der Waals surface area contributed by atoms with Gasteiger partial charge in [0.2, 0.25) is 5.91 Å². The predicted molar refractivity (Wildman–Crippen MR) is 83.2 cm³/mol. The lowest BCUT2D eigenvalue weighted by molar-refractivity contribution is -0.113. The van der Waals surface area contributed by atoms with Crippen LogP contribution < -0.4 is 5.32 Å². The van der Waals surface area contributed by atoms with Gasteiger partial charge in [-0.3, -0.25) is 4.79 Å². The van der Waals surface area contributed by atoms with Crippen LogP contribution in [0.4, 0.5) is 5.69 Å². The summed E-state index contributed by atoms with van der Waals surface area (Å²) in [5, 5.41) is 11.6. The normalized spacial score (nSPS) is 10.3. The molecule has 7 heteroatoms. The van der Waals surface area contributed by atoms with Gasteiger partial charge in [-0.15, -0.1) is 10.2 Å². The summed E-state index contributed by atoms with van der Waals surface area (Å²) in [5.41, 5.74) is 0.814. The van der Waals surface area contributed by atoms with Crippen LogP contribution in [-0.4, -0.2) is 21.9 Å². The van der Waals surface area contributed by atoms with Crippen LogP contribution >= 0.6 is 45.7 Å². The van der Waals surface area contributed by atoms with Crippen LogP contribution in [0.2, 0.25) is 0 Å².